The van der Waals surface area contributed by atoms with Crippen molar-refractivity contribution in [2.75, 3.05) is 12.9 Å². The van der Waals surface area contributed by atoms with Crippen LogP contribution in [0.3, 0.4) is 0 Å². The van der Waals surface area contributed by atoms with Crippen LogP contribution in [-0.2, 0) is 16.0 Å². The molecule has 0 saturated heterocycles. The van der Waals surface area contributed by atoms with Crippen LogP contribution in [0.5, 0.6) is 0 Å². The molecular formula is C8H11NO2S2. The highest BCUT2D eigenvalue weighted by molar-refractivity contribution is 8.01. The number of esters is 1. The van der Waals surface area contributed by atoms with E-state index in [0.717, 1.165) is 10.8 Å². The topological polar surface area (TPSA) is 39.2 Å². The first-order chi connectivity index (χ1) is 6.26. The van der Waals surface area contributed by atoms with Crippen LogP contribution in [0.1, 0.15) is 11.8 Å². The molecule has 0 unspecified atom stereocenters. The van der Waals surface area contributed by atoms with Crippen LogP contribution in [0.4, 0.5) is 0 Å². The average Bonchev–Trinajstić information content (AvgIpc) is 2.61. The summed E-state index contributed by atoms with van der Waals surface area (Å²) < 4.78 is 5.45. The molecule has 0 saturated carbocycles. The van der Waals surface area contributed by atoms with Crippen LogP contribution in [0.15, 0.2) is 10.5 Å². The minimum atomic E-state index is -0.210. The molecule has 0 bridgehead atoms. The molecule has 0 aromatic carbocycles. The van der Waals surface area contributed by atoms with Crippen molar-refractivity contribution >= 4 is 29.1 Å². The largest absolute Gasteiger partial charge is 0.468 e. The molecule has 1 rings (SSSR count). The standard InChI is InChI=1S/C8H11NO2S2/c1-3-6-4-9-8(13-6)12-5-7(10)11-2/h4H,3,5H2,1-2H3. The summed E-state index contributed by atoms with van der Waals surface area (Å²) in [4.78, 5) is 16.2. The molecule has 0 radical (unpaired) electrons. The lowest BCUT2D eigenvalue weighted by Crippen LogP contribution is -2.02. The highest BCUT2D eigenvalue weighted by Gasteiger charge is 2.05. The Labute approximate surface area is 85.5 Å². The molecule has 3 nitrogen and oxygen atoms in total. The Hall–Kier alpha value is -0.550. The SMILES string of the molecule is CCc1cnc(SCC(=O)OC)s1. The van der Waals surface area contributed by atoms with Gasteiger partial charge in [0.15, 0.2) is 4.34 Å². The average molecular weight is 217 g/mol. The van der Waals surface area contributed by atoms with E-state index in [-0.39, 0.29) is 5.97 Å². The number of ether oxygens (including phenoxy) is 1. The Morgan fingerprint density at radius 3 is 3.08 bits per heavy atom. The first-order valence-corrected chi connectivity index (χ1v) is 5.70. The smallest absolute Gasteiger partial charge is 0.316 e. The Balaban J connectivity index is 2.41. The van der Waals surface area contributed by atoms with E-state index in [0.29, 0.717) is 5.75 Å². The maximum Gasteiger partial charge on any atom is 0.316 e. The molecule has 0 N–H and O–H groups in total. The van der Waals surface area contributed by atoms with Crippen LogP contribution in [0.25, 0.3) is 0 Å². The van der Waals surface area contributed by atoms with Gasteiger partial charge in [0.25, 0.3) is 0 Å². The van der Waals surface area contributed by atoms with E-state index in [2.05, 4.69) is 16.6 Å². The highest BCUT2D eigenvalue weighted by atomic mass is 32.2. The van der Waals surface area contributed by atoms with Gasteiger partial charge in [-0.05, 0) is 6.42 Å². The van der Waals surface area contributed by atoms with Crippen molar-refractivity contribution in [3.05, 3.63) is 11.1 Å². The molecule has 72 valence electrons. The zero-order chi connectivity index (χ0) is 9.68. The van der Waals surface area contributed by atoms with Crippen LogP contribution >= 0.6 is 23.1 Å². The van der Waals surface area contributed by atoms with Crippen molar-refractivity contribution < 1.29 is 9.53 Å². The summed E-state index contributed by atoms with van der Waals surface area (Å²) in [5, 5.41) is 0. The van der Waals surface area contributed by atoms with Crippen molar-refractivity contribution in [1.82, 2.24) is 4.98 Å². The molecule has 5 heteroatoms. The van der Waals surface area contributed by atoms with Gasteiger partial charge in [0.2, 0.25) is 0 Å². The predicted octanol–water partition coefficient (Wildman–Crippen LogP) is 1.97. The van der Waals surface area contributed by atoms with Crippen LogP contribution in [-0.4, -0.2) is 23.8 Å². The molecule has 0 aliphatic carbocycles. The molecule has 0 spiro atoms. The molecule has 13 heavy (non-hydrogen) atoms. The van der Waals surface area contributed by atoms with Gasteiger partial charge in [0.1, 0.15) is 0 Å². The van der Waals surface area contributed by atoms with Gasteiger partial charge in [0, 0.05) is 11.1 Å². The summed E-state index contributed by atoms with van der Waals surface area (Å²) >= 11 is 3.05. The van der Waals surface area contributed by atoms with Crippen molar-refractivity contribution in [1.29, 1.82) is 0 Å². The van der Waals surface area contributed by atoms with Gasteiger partial charge in [-0.15, -0.1) is 11.3 Å². The van der Waals surface area contributed by atoms with E-state index in [1.54, 1.807) is 11.3 Å². The third-order valence-electron chi connectivity index (χ3n) is 1.42. The molecule has 0 aliphatic rings. The van der Waals surface area contributed by atoms with Crippen LogP contribution < -0.4 is 0 Å². The summed E-state index contributed by atoms with van der Waals surface area (Å²) in [6.45, 7) is 2.09. The quantitative estimate of drug-likeness (QED) is 0.571. The zero-order valence-corrected chi connectivity index (χ0v) is 9.20. The third-order valence-corrected chi connectivity index (χ3v) is 3.69. The van der Waals surface area contributed by atoms with Gasteiger partial charge in [-0.25, -0.2) is 4.98 Å². The van der Waals surface area contributed by atoms with Gasteiger partial charge in [-0.1, -0.05) is 18.7 Å². The second-order valence-corrected chi connectivity index (χ2v) is 4.65. The summed E-state index contributed by atoms with van der Waals surface area (Å²) in [5.74, 6) is 0.130. The molecule has 0 atom stereocenters. The number of nitrogens with zero attached hydrogens (tertiary/aromatic N) is 1. The Morgan fingerprint density at radius 2 is 2.54 bits per heavy atom. The molecule has 0 aliphatic heterocycles. The second-order valence-electron chi connectivity index (χ2n) is 2.31. The lowest BCUT2D eigenvalue weighted by Gasteiger charge is -1.94. The fourth-order valence-electron chi connectivity index (χ4n) is 0.699. The molecular weight excluding hydrogens is 206 g/mol. The number of aryl methyl sites for hydroxylation is 1. The highest BCUT2D eigenvalue weighted by Crippen LogP contribution is 2.24. The zero-order valence-electron chi connectivity index (χ0n) is 7.57. The lowest BCUT2D eigenvalue weighted by molar-refractivity contribution is -0.137. The molecule has 1 aromatic rings. The van der Waals surface area contributed by atoms with E-state index in [1.807, 2.05) is 6.20 Å². The number of carbonyl (C=O) groups excluding carboxylic acids is 1. The van der Waals surface area contributed by atoms with E-state index in [9.17, 15) is 4.79 Å². The Kier molecular flexibility index (Phi) is 4.24. The Bertz CT molecular complexity index is 285. The number of methoxy groups -OCH3 is 1. The van der Waals surface area contributed by atoms with Crippen molar-refractivity contribution in [2.24, 2.45) is 0 Å². The normalized spacial score (nSPS) is 10.0. The van der Waals surface area contributed by atoms with Crippen molar-refractivity contribution in [3.63, 3.8) is 0 Å². The number of hydrogen-bond acceptors (Lipinski definition) is 5. The molecule has 1 aromatic heterocycles. The van der Waals surface area contributed by atoms with Gasteiger partial charge in [-0.3, -0.25) is 4.79 Å². The van der Waals surface area contributed by atoms with Gasteiger partial charge in [-0.2, -0.15) is 0 Å². The minimum Gasteiger partial charge on any atom is -0.468 e. The van der Waals surface area contributed by atoms with E-state index in [4.69, 9.17) is 0 Å². The van der Waals surface area contributed by atoms with E-state index >= 15 is 0 Å². The summed E-state index contributed by atoms with van der Waals surface area (Å²) in [7, 11) is 1.39. The first-order valence-electron chi connectivity index (χ1n) is 3.90. The van der Waals surface area contributed by atoms with Gasteiger partial charge >= 0.3 is 5.97 Å². The monoisotopic (exact) mass is 217 g/mol. The number of rotatable bonds is 4. The van der Waals surface area contributed by atoms with E-state index in [1.165, 1.54) is 23.7 Å². The van der Waals surface area contributed by atoms with E-state index < -0.39 is 0 Å². The molecule has 0 fully saturated rings. The number of aromatic nitrogens is 1. The van der Waals surface area contributed by atoms with Gasteiger partial charge < -0.3 is 4.74 Å². The maximum absolute atomic E-state index is 10.8. The molecule has 1 heterocycles. The summed E-state index contributed by atoms with van der Waals surface area (Å²) in [6, 6.07) is 0. The summed E-state index contributed by atoms with van der Waals surface area (Å²) in [6.07, 6.45) is 2.85. The molecule has 0 amide bonds. The predicted molar refractivity (Wildman–Crippen MR) is 54.2 cm³/mol. The van der Waals surface area contributed by atoms with Crippen LogP contribution in [0, 0.1) is 0 Å². The Morgan fingerprint density at radius 1 is 1.77 bits per heavy atom. The summed E-state index contributed by atoms with van der Waals surface area (Å²) in [5.41, 5.74) is 0. The maximum atomic E-state index is 10.8. The van der Waals surface area contributed by atoms with Gasteiger partial charge in [0.05, 0.1) is 12.9 Å². The fraction of sp³-hybridized carbons (Fsp3) is 0.500. The van der Waals surface area contributed by atoms with Crippen molar-refractivity contribution in [2.45, 2.75) is 17.7 Å². The third kappa shape index (κ3) is 3.36. The number of thioether (sulfide) groups is 1. The first kappa shape index (κ1) is 10.5. The lowest BCUT2D eigenvalue weighted by atomic mass is 10.4. The number of thiazole rings is 1. The minimum absolute atomic E-state index is 0.210. The second kappa shape index (κ2) is 5.24. The number of carbonyl (C=O) groups is 1. The van der Waals surface area contributed by atoms with Crippen LogP contribution in [0.2, 0.25) is 0 Å². The van der Waals surface area contributed by atoms with Crippen molar-refractivity contribution in [3.8, 4) is 0 Å². The number of hydrogen-bond donors (Lipinski definition) is 0. The fourth-order valence-corrected chi connectivity index (χ4v) is 2.50.